The third-order valence-electron chi connectivity index (χ3n) is 5.17. The quantitative estimate of drug-likeness (QED) is 0.554. The molecule has 4 rings (SSSR count). The number of hydrogen-bond acceptors (Lipinski definition) is 4. The van der Waals surface area contributed by atoms with E-state index in [4.69, 9.17) is 11.6 Å². The van der Waals surface area contributed by atoms with Gasteiger partial charge in [0.2, 0.25) is 5.91 Å². The van der Waals surface area contributed by atoms with Gasteiger partial charge in [-0.3, -0.25) is 9.59 Å². The number of rotatable bonds is 4. The van der Waals surface area contributed by atoms with Gasteiger partial charge in [-0.15, -0.1) is 0 Å². The number of benzene rings is 1. The molecule has 3 aromatic rings. The van der Waals surface area contributed by atoms with Crippen molar-refractivity contribution in [3.8, 4) is 0 Å². The normalized spacial score (nSPS) is 15.6. The molecule has 1 aromatic carbocycles. The maximum atomic E-state index is 12.6. The maximum absolute atomic E-state index is 12.6. The van der Waals surface area contributed by atoms with Gasteiger partial charge >= 0.3 is 0 Å². The molecule has 140 valence electrons. The highest BCUT2D eigenvalue weighted by Gasteiger charge is 2.20. The lowest BCUT2D eigenvalue weighted by Crippen LogP contribution is -2.47. The molecule has 0 radical (unpaired) electrons. The standard InChI is InChI=1S/C20H21ClN4O2/c1-24-8-10-25(11-9-24)19(27)7-5-17(26)13-2-4-16-15(12-13)14-3-6-18(21)23-20(14)22-16/h2-4,6,12H,5,7-11H2,1H3,(H,22,23). The molecule has 1 N–H and O–H groups in total. The number of H-pyrrole nitrogens is 1. The summed E-state index contributed by atoms with van der Waals surface area (Å²) < 4.78 is 0. The van der Waals surface area contributed by atoms with Crippen LogP contribution in [0, 0.1) is 0 Å². The van der Waals surface area contributed by atoms with E-state index in [2.05, 4.69) is 21.9 Å². The van der Waals surface area contributed by atoms with Crippen molar-refractivity contribution in [2.24, 2.45) is 0 Å². The predicted octanol–water partition coefficient (Wildman–Crippen LogP) is 3.11. The van der Waals surface area contributed by atoms with Gasteiger partial charge in [0, 0.05) is 60.9 Å². The fraction of sp³-hybridized carbons (Fsp3) is 0.350. The van der Waals surface area contributed by atoms with Crippen LogP contribution >= 0.6 is 11.6 Å². The number of halogens is 1. The molecule has 0 spiro atoms. The van der Waals surface area contributed by atoms with Crippen molar-refractivity contribution in [1.29, 1.82) is 0 Å². The van der Waals surface area contributed by atoms with Crippen molar-refractivity contribution < 1.29 is 9.59 Å². The Labute approximate surface area is 162 Å². The maximum Gasteiger partial charge on any atom is 0.223 e. The summed E-state index contributed by atoms with van der Waals surface area (Å²) in [6.45, 7) is 3.24. The Morgan fingerprint density at radius 1 is 1.07 bits per heavy atom. The van der Waals surface area contributed by atoms with Gasteiger partial charge in [0.1, 0.15) is 10.8 Å². The number of fused-ring (bicyclic) bond motifs is 3. The van der Waals surface area contributed by atoms with Crippen molar-refractivity contribution in [1.82, 2.24) is 19.8 Å². The Bertz CT molecular complexity index is 1020. The number of aromatic nitrogens is 2. The summed E-state index contributed by atoms with van der Waals surface area (Å²) in [6.07, 6.45) is 0.481. The molecular formula is C20H21ClN4O2. The van der Waals surface area contributed by atoms with E-state index in [9.17, 15) is 9.59 Å². The number of amides is 1. The third-order valence-corrected chi connectivity index (χ3v) is 5.38. The van der Waals surface area contributed by atoms with Gasteiger partial charge in [0.25, 0.3) is 0 Å². The molecule has 7 heteroatoms. The van der Waals surface area contributed by atoms with E-state index in [0.29, 0.717) is 16.4 Å². The number of Topliss-reactive ketones (excluding diaryl/α,β-unsaturated/α-hetero) is 1. The van der Waals surface area contributed by atoms with Crippen LogP contribution < -0.4 is 0 Å². The Morgan fingerprint density at radius 2 is 1.85 bits per heavy atom. The number of likely N-dealkylation sites (N-methyl/N-ethyl adjacent to an activating group) is 1. The molecule has 0 aliphatic carbocycles. The van der Waals surface area contributed by atoms with E-state index < -0.39 is 0 Å². The first-order valence-corrected chi connectivity index (χ1v) is 9.46. The second-order valence-electron chi connectivity index (χ2n) is 7.02. The summed E-state index contributed by atoms with van der Waals surface area (Å²) in [7, 11) is 2.05. The van der Waals surface area contributed by atoms with Crippen LogP contribution in [0.1, 0.15) is 23.2 Å². The molecule has 0 saturated carbocycles. The molecule has 1 aliphatic rings. The highest BCUT2D eigenvalue weighted by molar-refractivity contribution is 6.30. The lowest BCUT2D eigenvalue weighted by atomic mass is 10.0. The molecule has 0 atom stereocenters. The molecule has 6 nitrogen and oxygen atoms in total. The van der Waals surface area contributed by atoms with Gasteiger partial charge in [-0.2, -0.15) is 0 Å². The van der Waals surface area contributed by atoms with E-state index in [1.165, 1.54) is 0 Å². The van der Waals surface area contributed by atoms with Crippen LogP contribution in [0.4, 0.5) is 0 Å². The second kappa shape index (κ2) is 7.29. The van der Waals surface area contributed by atoms with Crippen molar-refractivity contribution >= 4 is 45.2 Å². The van der Waals surface area contributed by atoms with E-state index >= 15 is 0 Å². The highest BCUT2D eigenvalue weighted by atomic mass is 35.5. The smallest absolute Gasteiger partial charge is 0.223 e. The van der Waals surface area contributed by atoms with E-state index in [1.807, 2.05) is 23.1 Å². The number of pyridine rings is 1. The number of carbonyl (C=O) groups excluding carboxylic acids is 2. The number of ketones is 1. The minimum absolute atomic E-state index is 0.0179. The molecule has 1 fully saturated rings. The Balaban J connectivity index is 1.47. The third kappa shape index (κ3) is 3.68. The van der Waals surface area contributed by atoms with Crippen LogP contribution in [0.2, 0.25) is 5.15 Å². The summed E-state index contributed by atoms with van der Waals surface area (Å²) in [5.41, 5.74) is 2.22. The average Bonchev–Trinajstić information content (AvgIpc) is 3.02. The number of nitrogens with zero attached hydrogens (tertiary/aromatic N) is 3. The first-order chi connectivity index (χ1) is 13.0. The highest BCUT2D eigenvalue weighted by Crippen LogP contribution is 2.27. The van der Waals surface area contributed by atoms with Gasteiger partial charge in [-0.1, -0.05) is 11.6 Å². The largest absolute Gasteiger partial charge is 0.340 e. The summed E-state index contributed by atoms with van der Waals surface area (Å²) >= 11 is 5.95. The Morgan fingerprint density at radius 3 is 2.63 bits per heavy atom. The zero-order valence-electron chi connectivity index (χ0n) is 15.2. The van der Waals surface area contributed by atoms with Crippen LogP contribution in [0.3, 0.4) is 0 Å². The SMILES string of the molecule is CN1CCN(C(=O)CCC(=O)c2ccc3[nH]c4nc(Cl)ccc4c3c2)CC1. The number of hydrogen-bond donors (Lipinski definition) is 1. The number of piperazine rings is 1. The first kappa shape index (κ1) is 17.9. The Kier molecular flexibility index (Phi) is 4.85. The second-order valence-corrected chi connectivity index (χ2v) is 7.41. The van der Waals surface area contributed by atoms with Gasteiger partial charge in [-0.05, 0) is 37.4 Å². The minimum Gasteiger partial charge on any atom is -0.340 e. The van der Waals surface area contributed by atoms with Gasteiger partial charge < -0.3 is 14.8 Å². The van der Waals surface area contributed by atoms with Gasteiger partial charge in [-0.25, -0.2) is 4.98 Å². The van der Waals surface area contributed by atoms with Gasteiger partial charge in [0.05, 0.1) is 0 Å². The fourth-order valence-electron chi connectivity index (χ4n) is 3.50. The van der Waals surface area contributed by atoms with Crippen LogP contribution in [-0.4, -0.2) is 64.7 Å². The fourth-order valence-corrected chi connectivity index (χ4v) is 3.65. The predicted molar refractivity (Wildman–Crippen MR) is 106 cm³/mol. The molecular weight excluding hydrogens is 364 g/mol. The summed E-state index contributed by atoms with van der Waals surface area (Å²) in [5.74, 6) is 0.0408. The first-order valence-electron chi connectivity index (χ1n) is 9.09. The summed E-state index contributed by atoms with van der Waals surface area (Å²) in [4.78, 5) is 36.5. The molecule has 1 amide bonds. The monoisotopic (exact) mass is 384 g/mol. The lowest BCUT2D eigenvalue weighted by molar-refractivity contribution is -0.132. The minimum atomic E-state index is -0.0179. The van der Waals surface area contributed by atoms with Crippen LogP contribution in [-0.2, 0) is 4.79 Å². The molecule has 2 aromatic heterocycles. The van der Waals surface area contributed by atoms with Crippen molar-refractivity contribution in [3.63, 3.8) is 0 Å². The Hall–Kier alpha value is -2.44. The summed E-state index contributed by atoms with van der Waals surface area (Å²) in [5, 5.41) is 2.29. The number of nitrogens with one attached hydrogen (secondary N) is 1. The number of aromatic amines is 1. The molecule has 3 heterocycles. The zero-order chi connectivity index (χ0) is 19.0. The van der Waals surface area contributed by atoms with E-state index in [-0.39, 0.29) is 24.5 Å². The zero-order valence-corrected chi connectivity index (χ0v) is 15.9. The molecule has 0 bridgehead atoms. The topological polar surface area (TPSA) is 69.3 Å². The van der Waals surface area contributed by atoms with Crippen LogP contribution in [0.15, 0.2) is 30.3 Å². The molecule has 27 heavy (non-hydrogen) atoms. The molecule has 0 unspecified atom stereocenters. The summed E-state index contributed by atoms with van der Waals surface area (Å²) in [6, 6.07) is 9.17. The van der Waals surface area contributed by atoms with E-state index in [0.717, 1.165) is 42.5 Å². The van der Waals surface area contributed by atoms with Crippen molar-refractivity contribution in [2.75, 3.05) is 33.2 Å². The van der Waals surface area contributed by atoms with Crippen LogP contribution in [0.25, 0.3) is 21.9 Å². The van der Waals surface area contributed by atoms with Crippen molar-refractivity contribution in [2.45, 2.75) is 12.8 Å². The van der Waals surface area contributed by atoms with E-state index in [1.54, 1.807) is 12.1 Å². The number of carbonyl (C=O) groups is 2. The lowest BCUT2D eigenvalue weighted by Gasteiger charge is -2.32. The van der Waals surface area contributed by atoms with Gasteiger partial charge in [0.15, 0.2) is 5.78 Å². The molecule has 1 saturated heterocycles. The molecule has 1 aliphatic heterocycles. The van der Waals surface area contributed by atoms with Crippen molar-refractivity contribution in [3.05, 3.63) is 41.0 Å². The average molecular weight is 385 g/mol. The van der Waals surface area contributed by atoms with Crippen LogP contribution in [0.5, 0.6) is 0 Å².